The van der Waals surface area contributed by atoms with Crippen molar-refractivity contribution in [2.24, 2.45) is 0 Å². The molecule has 0 radical (unpaired) electrons. The van der Waals surface area contributed by atoms with Gasteiger partial charge in [-0.05, 0) is 47.0 Å². The molecular formula is C21H25FN4O3. The zero-order valence-corrected chi connectivity index (χ0v) is 17.0. The molecule has 1 aliphatic rings. The summed E-state index contributed by atoms with van der Waals surface area (Å²) in [6, 6.07) is 5.01. The normalized spacial score (nSPS) is 18.8. The Hall–Kier alpha value is -3.00. The number of H-pyrrole nitrogens is 1. The SMILES string of the molecule is Cc1n[nH]c(C)c1/C(O)=C1\C(=O)C(=O)N(CCCN(C)C)C1c1ccccc1F. The third-order valence-corrected chi connectivity index (χ3v) is 5.11. The zero-order chi connectivity index (χ0) is 21.3. The van der Waals surface area contributed by atoms with E-state index in [9.17, 15) is 19.1 Å². The maximum atomic E-state index is 14.7. The fraction of sp³-hybridized carbons (Fsp3) is 0.381. The predicted octanol–water partition coefficient (Wildman–Crippen LogP) is 2.54. The number of likely N-dealkylation sites (tertiary alicyclic amines) is 1. The van der Waals surface area contributed by atoms with Crippen LogP contribution in [0, 0.1) is 19.7 Å². The summed E-state index contributed by atoms with van der Waals surface area (Å²) < 4.78 is 14.7. The monoisotopic (exact) mass is 400 g/mol. The highest BCUT2D eigenvalue weighted by atomic mass is 19.1. The number of halogens is 1. The second-order valence-corrected chi connectivity index (χ2v) is 7.48. The fourth-order valence-electron chi connectivity index (χ4n) is 3.72. The number of rotatable bonds is 6. The van der Waals surface area contributed by atoms with Crippen molar-refractivity contribution in [2.75, 3.05) is 27.2 Å². The number of aromatic amines is 1. The van der Waals surface area contributed by atoms with Gasteiger partial charge in [0.25, 0.3) is 11.7 Å². The van der Waals surface area contributed by atoms with Gasteiger partial charge in [-0.15, -0.1) is 0 Å². The summed E-state index contributed by atoms with van der Waals surface area (Å²) in [5, 5.41) is 17.8. The second kappa shape index (κ2) is 8.16. The highest BCUT2D eigenvalue weighted by Crippen LogP contribution is 2.41. The summed E-state index contributed by atoms with van der Waals surface area (Å²) >= 11 is 0. The smallest absolute Gasteiger partial charge is 0.295 e. The molecular weight excluding hydrogens is 375 g/mol. The van der Waals surface area contributed by atoms with Crippen molar-refractivity contribution >= 4 is 17.4 Å². The Morgan fingerprint density at radius 3 is 2.55 bits per heavy atom. The summed E-state index contributed by atoms with van der Waals surface area (Å²) in [7, 11) is 3.82. The lowest BCUT2D eigenvalue weighted by Gasteiger charge is -2.26. The lowest BCUT2D eigenvalue weighted by molar-refractivity contribution is -0.140. The molecule has 8 heteroatoms. The molecule has 0 aliphatic carbocycles. The van der Waals surface area contributed by atoms with Gasteiger partial charge in [0.05, 0.1) is 22.9 Å². The standard InChI is InChI=1S/C21H25FN4O3/c1-12-16(13(2)24-23-12)19(27)17-18(14-8-5-6-9-15(14)22)26(21(29)20(17)28)11-7-10-25(3)4/h5-6,8-9,18,27H,7,10-11H2,1-4H3,(H,23,24)/b19-17+. The number of carbonyl (C=O) groups excluding carboxylic acids is 2. The molecule has 1 fully saturated rings. The van der Waals surface area contributed by atoms with E-state index in [-0.39, 0.29) is 23.4 Å². The number of nitrogens with zero attached hydrogens (tertiary/aromatic N) is 3. The van der Waals surface area contributed by atoms with Gasteiger partial charge in [-0.1, -0.05) is 18.2 Å². The van der Waals surface area contributed by atoms with E-state index in [2.05, 4.69) is 10.2 Å². The topological polar surface area (TPSA) is 89.5 Å². The summed E-state index contributed by atoms with van der Waals surface area (Å²) in [5.74, 6) is -2.43. The first-order valence-corrected chi connectivity index (χ1v) is 9.43. The molecule has 1 saturated heterocycles. The summed E-state index contributed by atoms with van der Waals surface area (Å²) in [4.78, 5) is 29.0. The molecule has 154 valence electrons. The second-order valence-electron chi connectivity index (χ2n) is 7.48. The van der Waals surface area contributed by atoms with Crippen LogP contribution in [0.3, 0.4) is 0 Å². The van der Waals surface area contributed by atoms with Crippen LogP contribution in [0.25, 0.3) is 5.76 Å². The van der Waals surface area contributed by atoms with Crippen molar-refractivity contribution in [3.8, 4) is 0 Å². The quantitative estimate of drug-likeness (QED) is 0.442. The van der Waals surface area contributed by atoms with Crippen LogP contribution in [-0.2, 0) is 9.59 Å². The minimum absolute atomic E-state index is 0.113. The molecule has 2 aromatic rings. The van der Waals surface area contributed by atoms with Crippen LogP contribution in [-0.4, -0.2) is 64.0 Å². The minimum atomic E-state index is -0.993. The van der Waals surface area contributed by atoms with Gasteiger partial charge in [0.2, 0.25) is 0 Å². The molecule has 2 heterocycles. The molecule has 3 rings (SSSR count). The number of aromatic nitrogens is 2. The summed E-state index contributed by atoms with van der Waals surface area (Å²) in [6.45, 7) is 4.36. The number of hydrogen-bond donors (Lipinski definition) is 2. The third kappa shape index (κ3) is 3.80. The maximum absolute atomic E-state index is 14.7. The molecule has 7 nitrogen and oxygen atoms in total. The molecule has 0 saturated carbocycles. The fourth-order valence-corrected chi connectivity index (χ4v) is 3.72. The Kier molecular flexibility index (Phi) is 5.83. The number of ketones is 1. The molecule has 29 heavy (non-hydrogen) atoms. The van der Waals surface area contributed by atoms with Crippen molar-refractivity contribution in [3.05, 3.63) is 58.2 Å². The van der Waals surface area contributed by atoms with Gasteiger partial charge in [-0.2, -0.15) is 5.10 Å². The Balaban J connectivity index is 2.15. The molecule has 1 aliphatic heterocycles. The van der Waals surface area contributed by atoms with E-state index in [1.165, 1.54) is 17.0 Å². The molecule has 2 N–H and O–H groups in total. The van der Waals surface area contributed by atoms with E-state index in [4.69, 9.17) is 0 Å². The van der Waals surface area contributed by atoms with Gasteiger partial charge in [0, 0.05) is 17.8 Å². The Bertz CT molecular complexity index is 961. The first kappa shape index (κ1) is 20.7. The summed E-state index contributed by atoms with van der Waals surface area (Å²) in [5.41, 5.74) is 1.48. The van der Waals surface area contributed by atoms with Crippen LogP contribution in [0.2, 0.25) is 0 Å². The molecule has 1 aromatic carbocycles. The van der Waals surface area contributed by atoms with Crippen LogP contribution < -0.4 is 0 Å². The van der Waals surface area contributed by atoms with Crippen molar-refractivity contribution in [1.29, 1.82) is 0 Å². The average Bonchev–Trinajstić information content (AvgIpc) is 3.12. The Morgan fingerprint density at radius 2 is 1.97 bits per heavy atom. The number of Topliss-reactive ketones (excluding diaryl/α,β-unsaturated/α-hetero) is 1. The number of amides is 1. The first-order valence-electron chi connectivity index (χ1n) is 9.43. The Labute approximate surface area is 168 Å². The number of aliphatic hydroxyl groups is 1. The molecule has 0 bridgehead atoms. The van der Waals surface area contributed by atoms with E-state index in [0.29, 0.717) is 29.9 Å². The molecule has 1 unspecified atom stereocenters. The van der Waals surface area contributed by atoms with Gasteiger partial charge in [0.1, 0.15) is 11.6 Å². The molecule has 1 amide bonds. The van der Waals surface area contributed by atoms with Crippen LogP contribution in [0.1, 0.15) is 35.0 Å². The predicted molar refractivity (Wildman–Crippen MR) is 107 cm³/mol. The molecule has 1 aromatic heterocycles. The van der Waals surface area contributed by atoms with E-state index in [0.717, 1.165) is 0 Å². The maximum Gasteiger partial charge on any atom is 0.295 e. The average molecular weight is 400 g/mol. The highest BCUT2D eigenvalue weighted by Gasteiger charge is 2.47. The van der Waals surface area contributed by atoms with Crippen molar-refractivity contribution in [3.63, 3.8) is 0 Å². The van der Waals surface area contributed by atoms with Gasteiger partial charge < -0.3 is 14.9 Å². The number of aliphatic hydroxyl groups excluding tert-OH is 1. The number of aryl methyl sites for hydroxylation is 2. The highest BCUT2D eigenvalue weighted by molar-refractivity contribution is 6.46. The van der Waals surface area contributed by atoms with Crippen LogP contribution in [0.5, 0.6) is 0 Å². The van der Waals surface area contributed by atoms with E-state index < -0.39 is 23.5 Å². The summed E-state index contributed by atoms with van der Waals surface area (Å²) in [6.07, 6.45) is 0.606. The zero-order valence-electron chi connectivity index (χ0n) is 17.0. The first-order chi connectivity index (χ1) is 13.7. The van der Waals surface area contributed by atoms with Gasteiger partial charge in [0.15, 0.2) is 0 Å². The van der Waals surface area contributed by atoms with E-state index >= 15 is 0 Å². The minimum Gasteiger partial charge on any atom is -0.507 e. The largest absolute Gasteiger partial charge is 0.507 e. The van der Waals surface area contributed by atoms with Crippen molar-refractivity contribution < 1.29 is 19.1 Å². The number of nitrogens with one attached hydrogen (secondary N) is 1. The number of carbonyl (C=O) groups is 2. The van der Waals surface area contributed by atoms with Gasteiger partial charge >= 0.3 is 0 Å². The van der Waals surface area contributed by atoms with E-state index in [1.807, 2.05) is 19.0 Å². The lowest BCUT2D eigenvalue weighted by Crippen LogP contribution is -2.32. The van der Waals surface area contributed by atoms with Crippen LogP contribution >= 0.6 is 0 Å². The number of hydrogen-bond acceptors (Lipinski definition) is 5. The van der Waals surface area contributed by atoms with Gasteiger partial charge in [-0.3, -0.25) is 14.7 Å². The molecule has 1 atom stereocenters. The lowest BCUT2D eigenvalue weighted by atomic mass is 9.94. The van der Waals surface area contributed by atoms with Crippen molar-refractivity contribution in [1.82, 2.24) is 20.0 Å². The van der Waals surface area contributed by atoms with Crippen LogP contribution in [0.4, 0.5) is 4.39 Å². The van der Waals surface area contributed by atoms with Crippen molar-refractivity contribution in [2.45, 2.75) is 26.3 Å². The number of benzene rings is 1. The third-order valence-electron chi connectivity index (χ3n) is 5.11. The van der Waals surface area contributed by atoms with E-state index in [1.54, 1.807) is 26.0 Å². The Morgan fingerprint density at radius 1 is 1.28 bits per heavy atom. The molecule has 0 spiro atoms. The van der Waals surface area contributed by atoms with Gasteiger partial charge in [-0.25, -0.2) is 4.39 Å². The van der Waals surface area contributed by atoms with Crippen LogP contribution in [0.15, 0.2) is 29.8 Å².